The number of aromatic nitrogens is 5. The second-order valence-corrected chi connectivity index (χ2v) is 10.1. The van der Waals surface area contributed by atoms with Gasteiger partial charge in [-0.2, -0.15) is 5.10 Å². The number of carbonyl (C=O) groups is 2. The van der Waals surface area contributed by atoms with Gasteiger partial charge in [0.25, 0.3) is 5.91 Å². The lowest BCUT2D eigenvalue weighted by Crippen LogP contribution is -2.40. The van der Waals surface area contributed by atoms with Gasteiger partial charge in [0.1, 0.15) is 5.69 Å². The highest BCUT2D eigenvalue weighted by atomic mass is 32.1. The zero-order valence-corrected chi connectivity index (χ0v) is 19.3. The summed E-state index contributed by atoms with van der Waals surface area (Å²) in [5, 5.41) is 9.68. The van der Waals surface area contributed by atoms with Crippen LogP contribution in [0.2, 0.25) is 0 Å². The zero-order valence-electron chi connectivity index (χ0n) is 18.5. The molecule has 1 spiro atoms. The predicted molar refractivity (Wildman–Crippen MR) is 119 cm³/mol. The van der Waals surface area contributed by atoms with Crippen molar-refractivity contribution < 1.29 is 9.59 Å². The molecule has 1 N–H and O–H groups in total. The summed E-state index contributed by atoms with van der Waals surface area (Å²) in [6, 6.07) is 1.95. The topological polar surface area (TPSA) is 100 Å². The van der Waals surface area contributed by atoms with Gasteiger partial charge in [0.05, 0.1) is 34.7 Å². The Bertz CT molecular complexity index is 1140. The van der Waals surface area contributed by atoms with Gasteiger partial charge in [-0.25, -0.2) is 9.97 Å². The molecule has 2 fully saturated rings. The molecule has 2 aliphatic rings. The summed E-state index contributed by atoms with van der Waals surface area (Å²) in [6.07, 6.45) is 6.11. The average Bonchev–Trinajstić information content (AvgIpc) is 3.57. The van der Waals surface area contributed by atoms with Gasteiger partial charge < -0.3 is 14.4 Å². The van der Waals surface area contributed by atoms with E-state index in [1.807, 2.05) is 29.7 Å². The maximum absolute atomic E-state index is 13.8. The molecule has 9 nitrogen and oxygen atoms in total. The molecule has 5 rings (SSSR count). The highest BCUT2D eigenvalue weighted by Gasteiger charge is 2.58. The Morgan fingerprint density at radius 3 is 2.91 bits per heavy atom. The van der Waals surface area contributed by atoms with Crippen LogP contribution < -0.4 is 0 Å². The fourth-order valence-corrected chi connectivity index (χ4v) is 5.56. The van der Waals surface area contributed by atoms with Crippen molar-refractivity contribution in [1.29, 1.82) is 0 Å². The third-order valence-electron chi connectivity index (χ3n) is 6.70. The molecule has 0 radical (unpaired) electrons. The monoisotopic (exact) mass is 453 g/mol. The smallest absolute Gasteiger partial charge is 0.271 e. The fourth-order valence-electron chi connectivity index (χ4n) is 4.96. The number of H-pyrrole nitrogens is 1. The van der Waals surface area contributed by atoms with Crippen LogP contribution in [-0.4, -0.2) is 66.0 Å². The first-order valence-electron chi connectivity index (χ1n) is 10.9. The molecule has 0 aliphatic carbocycles. The van der Waals surface area contributed by atoms with E-state index in [2.05, 4.69) is 38.6 Å². The first-order chi connectivity index (χ1) is 15.4. The van der Waals surface area contributed by atoms with Gasteiger partial charge in [-0.15, -0.1) is 11.3 Å². The van der Waals surface area contributed by atoms with Gasteiger partial charge in [0.15, 0.2) is 0 Å². The third kappa shape index (κ3) is 3.42. The van der Waals surface area contributed by atoms with Gasteiger partial charge in [0, 0.05) is 49.4 Å². The van der Waals surface area contributed by atoms with E-state index in [1.54, 1.807) is 28.5 Å². The van der Waals surface area contributed by atoms with Crippen LogP contribution in [0.1, 0.15) is 59.1 Å². The van der Waals surface area contributed by atoms with Gasteiger partial charge in [-0.05, 0) is 33.3 Å². The lowest BCUT2D eigenvalue weighted by Gasteiger charge is -2.27. The molecule has 0 unspecified atom stereocenters. The van der Waals surface area contributed by atoms with Gasteiger partial charge >= 0.3 is 0 Å². The van der Waals surface area contributed by atoms with Crippen LogP contribution in [-0.2, 0) is 11.3 Å². The summed E-state index contributed by atoms with van der Waals surface area (Å²) in [7, 11) is 0. The predicted octanol–water partition coefficient (Wildman–Crippen LogP) is 2.61. The molecule has 2 atom stereocenters. The van der Waals surface area contributed by atoms with Gasteiger partial charge in [-0.3, -0.25) is 14.7 Å². The number of nitrogens with zero attached hydrogens (tertiary/aromatic N) is 6. The Kier molecular flexibility index (Phi) is 5.11. The minimum atomic E-state index is -0.670. The first-order valence-corrected chi connectivity index (χ1v) is 11.8. The van der Waals surface area contributed by atoms with E-state index in [-0.39, 0.29) is 23.8 Å². The van der Waals surface area contributed by atoms with Crippen LogP contribution in [0.3, 0.4) is 0 Å². The summed E-state index contributed by atoms with van der Waals surface area (Å²) in [4.78, 5) is 39.8. The number of hydrogen-bond acceptors (Lipinski definition) is 6. The molecular formula is C22H27N7O2S. The van der Waals surface area contributed by atoms with Crippen LogP contribution in [0.25, 0.3) is 0 Å². The molecule has 3 aromatic heterocycles. The van der Waals surface area contributed by atoms with E-state index >= 15 is 0 Å². The van der Waals surface area contributed by atoms with Gasteiger partial charge in [-0.1, -0.05) is 0 Å². The number of nitrogens with one attached hydrogen (secondary N) is 1. The summed E-state index contributed by atoms with van der Waals surface area (Å²) in [5.41, 5.74) is 1.56. The van der Waals surface area contributed by atoms with Crippen LogP contribution >= 0.6 is 11.3 Å². The molecular weight excluding hydrogens is 426 g/mol. The van der Waals surface area contributed by atoms with Crippen molar-refractivity contribution in [2.75, 3.05) is 19.6 Å². The number of imidazole rings is 1. The van der Waals surface area contributed by atoms with E-state index in [4.69, 9.17) is 0 Å². The Morgan fingerprint density at radius 2 is 2.25 bits per heavy atom. The van der Waals surface area contributed by atoms with Crippen LogP contribution in [0.4, 0.5) is 0 Å². The van der Waals surface area contributed by atoms with E-state index < -0.39 is 5.41 Å². The lowest BCUT2D eigenvalue weighted by molar-refractivity contribution is -0.136. The average molecular weight is 454 g/mol. The number of amides is 2. The Balaban J connectivity index is 1.46. The maximum Gasteiger partial charge on any atom is 0.271 e. The number of hydrogen-bond donors (Lipinski definition) is 1. The first kappa shape index (κ1) is 20.9. The van der Waals surface area contributed by atoms with E-state index in [1.165, 1.54) is 0 Å². The van der Waals surface area contributed by atoms with Crippen molar-refractivity contribution >= 4 is 23.2 Å². The summed E-state index contributed by atoms with van der Waals surface area (Å²) >= 11 is 1.59. The van der Waals surface area contributed by atoms with Gasteiger partial charge in [0.2, 0.25) is 5.91 Å². The summed E-state index contributed by atoms with van der Waals surface area (Å²) < 4.78 is 2.05. The van der Waals surface area contributed by atoms with Crippen LogP contribution in [0, 0.1) is 12.3 Å². The molecule has 2 amide bonds. The molecule has 10 heteroatoms. The molecule has 0 saturated carbocycles. The number of thiazole rings is 1. The third-order valence-corrected chi connectivity index (χ3v) is 7.52. The number of aromatic amines is 1. The Morgan fingerprint density at radius 1 is 1.41 bits per heavy atom. The summed E-state index contributed by atoms with van der Waals surface area (Å²) in [5.74, 6) is -0.190. The molecule has 2 saturated heterocycles. The van der Waals surface area contributed by atoms with E-state index in [0.717, 1.165) is 16.4 Å². The lowest BCUT2D eigenvalue weighted by atomic mass is 9.75. The summed E-state index contributed by atoms with van der Waals surface area (Å²) in [6.45, 7) is 8.18. The molecule has 2 aliphatic heterocycles. The van der Waals surface area contributed by atoms with Crippen molar-refractivity contribution in [3.05, 3.63) is 52.3 Å². The van der Waals surface area contributed by atoms with Crippen LogP contribution in [0.15, 0.2) is 30.2 Å². The Hall–Kier alpha value is -3.01. The van der Waals surface area contributed by atoms with Crippen LogP contribution in [0.5, 0.6) is 0 Å². The second-order valence-electron chi connectivity index (χ2n) is 9.04. The molecule has 5 heterocycles. The Labute approximate surface area is 190 Å². The van der Waals surface area contributed by atoms with Crippen molar-refractivity contribution in [3.8, 4) is 0 Å². The normalized spacial score (nSPS) is 23.2. The molecule has 0 bridgehead atoms. The molecule has 168 valence electrons. The van der Waals surface area contributed by atoms with Crippen molar-refractivity contribution in [2.24, 2.45) is 5.41 Å². The SMILES string of the molecule is Cc1nc(CN2CC[C@]3(CN(C(=O)c4ccn[nH]4)C[C@H]3c3cn(C(C)C)cn3)C2=O)cs1. The van der Waals surface area contributed by atoms with Crippen molar-refractivity contribution in [2.45, 2.75) is 45.7 Å². The number of rotatable bonds is 5. The number of aryl methyl sites for hydroxylation is 1. The molecule has 32 heavy (non-hydrogen) atoms. The number of likely N-dealkylation sites (tertiary alicyclic amines) is 2. The highest BCUT2D eigenvalue weighted by Crippen LogP contribution is 2.50. The molecule has 0 aromatic carbocycles. The maximum atomic E-state index is 13.8. The number of carbonyl (C=O) groups excluding carboxylic acids is 2. The molecule has 3 aromatic rings. The highest BCUT2D eigenvalue weighted by molar-refractivity contribution is 7.09. The minimum absolute atomic E-state index is 0.0900. The van der Waals surface area contributed by atoms with Crippen molar-refractivity contribution in [1.82, 2.24) is 34.5 Å². The fraction of sp³-hybridized carbons (Fsp3) is 0.500. The van der Waals surface area contributed by atoms with E-state index in [9.17, 15) is 9.59 Å². The largest absolute Gasteiger partial charge is 0.336 e. The zero-order chi connectivity index (χ0) is 22.5. The van der Waals surface area contributed by atoms with Crippen molar-refractivity contribution in [3.63, 3.8) is 0 Å². The minimum Gasteiger partial charge on any atom is -0.336 e. The van der Waals surface area contributed by atoms with E-state index in [0.29, 0.717) is 38.3 Å². The standard InChI is InChI=1S/C22H27N7O2S/c1-14(2)29-10-19(23-13-29)17-9-28(20(30)18-4-6-24-26-18)12-22(17)5-7-27(21(22)31)8-16-11-32-15(3)25-16/h4,6,10-11,13-14,17H,5,7-9,12H2,1-3H3,(H,24,26)/t17-,22+/m0/s1. The second kappa shape index (κ2) is 7.84. The quantitative estimate of drug-likeness (QED) is 0.640.